The van der Waals surface area contributed by atoms with E-state index in [1.54, 1.807) is 7.05 Å². The van der Waals surface area contributed by atoms with Gasteiger partial charge in [-0.2, -0.15) is 0 Å². The van der Waals surface area contributed by atoms with E-state index >= 15 is 0 Å². The van der Waals surface area contributed by atoms with E-state index < -0.39 is 0 Å². The molecule has 0 radical (unpaired) electrons. The number of guanidine groups is 1. The Morgan fingerprint density at radius 1 is 1.27 bits per heavy atom. The van der Waals surface area contributed by atoms with E-state index in [9.17, 15) is 4.79 Å². The molecule has 1 aromatic rings. The number of rotatable bonds is 9. The molecule has 0 saturated carbocycles. The van der Waals surface area contributed by atoms with Crippen LogP contribution < -0.4 is 16.0 Å². The molecule has 30 heavy (non-hydrogen) atoms. The summed E-state index contributed by atoms with van der Waals surface area (Å²) in [6.07, 6.45) is 4.61. The molecular formula is C23H40IN5O. The van der Waals surface area contributed by atoms with Crippen LogP contribution in [0.4, 0.5) is 5.69 Å². The predicted molar refractivity (Wildman–Crippen MR) is 138 cm³/mol. The van der Waals surface area contributed by atoms with Crippen molar-refractivity contribution in [2.24, 2.45) is 16.8 Å². The van der Waals surface area contributed by atoms with Crippen molar-refractivity contribution >= 4 is 41.5 Å². The van der Waals surface area contributed by atoms with Gasteiger partial charge in [0, 0.05) is 31.7 Å². The number of nitrogens with one attached hydrogen (secondary N) is 3. The Labute approximate surface area is 199 Å². The average Bonchev–Trinajstić information content (AvgIpc) is 2.74. The van der Waals surface area contributed by atoms with E-state index in [2.05, 4.69) is 38.8 Å². The number of piperidine rings is 1. The molecule has 6 nitrogen and oxygen atoms in total. The summed E-state index contributed by atoms with van der Waals surface area (Å²) >= 11 is 0. The summed E-state index contributed by atoms with van der Waals surface area (Å²) in [6.45, 7) is 11.5. The van der Waals surface area contributed by atoms with Gasteiger partial charge in [0.2, 0.25) is 5.91 Å². The number of carbonyl (C=O) groups is 1. The molecule has 3 N–H and O–H groups in total. The number of nitrogens with zero attached hydrogens (tertiary/aromatic N) is 2. The van der Waals surface area contributed by atoms with E-state index in [1.807, 2.05) is 32.0 Å². The molecular weight excluding hydrogens is 489 g/mol. The van der Waals surface area contributed by atoms with Crippen LogP contribution in [0.2, 0.25) is 0 Å². The molecule has 1 fully saturated rings. The third kappa shape index (κ3) is 9.64. The zero-order chi connectivity index (χ0) is 21.1. The number of hydrogen-bond donors (Lipinski definition) is 3. The molecule has 0 spiro atoms. The number of anilines is 1. The zero-order valence-electron chi connectivity index (χ0n) is 19.0. The molecule has 0 aromatic heterocycles. The average molecular weight is 530 g/mol. The van der Waals surface area contributed by atoms with Crippen LogP contribution in [0, 0.1) is 11.8 Å². The van der Waals surface area contributed by atoms with Gasteiger partial charge < -0.3 is 20.9 Å². The minimum atomic E-state index is 0. The first kappa shape index (κ1) is 26.7. The van der Waals surface area contributed by atoms with Crippen LogP contribution in [0.15, 0.2) is 29.3 Å². The maximum absolute atomic E-state index is 12.1. The Bertz CT molecular complexity index is 659. The van der Waals surface area contributed by atoms with Crippen LogP contribution in [0.5, 0.6) is 0 Å². The van der Waals surface area contributed by atoms with Gasteiger partial charge >= 0.3 is 0 Å². The summed E-state index contributed by atoms with van der Waals surface area (Å²) in [6, 6.07) is 7.96. The van der Waals surface area contributed by atoms with Crippen LogP contribution in [0.1, 0.15) is 52.0 Å². The first-order valence-electron chi connectivity index (χ1n) is 11.1. The second-order valence-electron chi connectivity index (χ2n) is 8.23. The molecule has 1 atom stereocenters. The van der Waals surface area contributed by atoms with Gasteiger partial charge in [-0.15, -0.1) is 24.0 Å². The predicted octanol–water partition coefficient (Wildman–Crippen LogP) is 4.08. The number of halogens is 1. The van der Waals surface area contributed by atoms with Gasteiger partial charge in [0.25, 0.3) is 0 Å². The SMILES string of the molecule is CCC(C)C(=O)Nc1cccc(CNC(=NC)NCCCN2CCC(C)CC2)c1.I. The third-order valence-electron chi connectivity index (χ3n) is 5.76. The maximum Gasteiger partial charge on any atom is 0.227 e. The lowest BCUT2D eigenvalue weighted by atomic mass is 9.99. The van der Waals surface area contributed by atoms with Crippen LogP contribution in [0.3, 0.4) is 0 Å². The monoisotopic (exact) mass is 529 g/mol. The highest BCUT2D eigenvalue weighted by Gasteiger charge is 2.14. The summed E-state index contributed by atoms with van der Waals surface area (Å²) in [4.78, 5) is 19.0. The highest BCUT2D eigenvalue weighted by Crippen LogP contribution is 2.16. The number of aliphatic imine (C=N–C) groups is 1. The van der Waals surface area contributed by atoms with Crippen molar-refractivity contribution in [1.29, 1.82) is 0 Å². The fourth-order valence-corrected chi connectivity index (χ4v) is 3.41. The molecule has 1 unspecified atom stereocenters. The summed E-state index contributed by atoms with van der Waals surface area (Å²) in [5.74, 6) is 1.78. The molecule has 170 valence electrons. The normalized spacial score (nSPS) is 16.5. The number of carbonyl (C=O) groups excluding carboxylic acids is 1. The maximum atomic E-state index is 12.1. The smallest absolute Gasteiger partial charge is 0.227 e. The van der Waals surface area contributed by atoms with Gasteiger partial charge in [0.05, 0.1) is 0 Å². The summed E-state index contributed by atoms with van der Waals surface area (Å²) in [7, 11) is 1.80. The van der Waals surface area contributed by atoms with Crippen molar-refractivity contribution in [2.45, 2.75) is 53.0 Å². The minimum Gasteiger partial charge on any atom is -0.356 e. The van der Waals surface area contributed by atoms with Gasteiger partial charge in [-0.05, 0) is 68.9 Å². The number of amides is 1. The molecule has 0 aliphatic carbocycles. The van der Waals surface area contributed by atoms with E-state index in [4.69, 9.17) is 0 Å². The fraction of sp³-hybridized carbons (Fsp3) is 0.652. The molecule has 0 bridgehead atoms. The summed E-state index contributed by atoms with van der Waals surface area (Å²) in [5, 5.41) is 9.75. The molecule has 1 heterocycles. The Balaban J connectivity index is 0.00000450. The summed E-state index contributed by atoms with van der Waals surface area (Å²) in [5.41, 5.74) is 1.95. The van der Waals surface area contributed by atoms with Gasteiger partial charge in [0.1, 0.15) is 0 Å². The second kappa shape index (κ2) is 14.6. The van der Waals surface area contributed by atoms with Crippen molar-refractivity contribution in [3.8, 4) is 0 Å². The molecule has 1 aliphatic heterocycles. The van der Waals surface area contributed by atoms with Gasteiger partial charge in [0.15, 0.2) is 5.96 Å². The van der Waals surface area contributed by atoms with Crippen molar-refractivity contribution < 1.29 is 4.79 Å². The first-order chi connectivity index (χ1) is 14.0. The van der Waals surface area contributed by atoms with Crippen LogP contribution in [-0.2, 0) is 11.3 Å². The van der Waals surface area contributed by atoms with Gasteiger partial charge in [-0.1, -0.05) is 32.9 Å². The third-order valence-corrected chi connectivity index (χ3v) is 5.76. The lowest BCUT2D eigenvalue weighted by molar-refractivity contribution is -0.119. The first-order valence-corrected chi connectivity index (χ1v) is 11.1. The lowest BCUT2D eigenvalue weighted by Crippen LogP contribution is -2.39. The van der Waals surface area contributed by atoms with Crippen molar-refractivity contribution in [1.82, 2.24) is 15.5 Å². The van der Waals surface area contributed by atoms with E-state index in [1.165, 1.54) is 25.9 Å². The summed E-state index contributed by atoms with van der Waals surface area (Å²) < 4.78 is 0. The Kier molecular flexibility index (Phi) is 13.0. The highest BCUT2D eigenvalue weighted by atomic mass is 127. The van der Waals surface area contributed by atoms with Gasteiger partial charge in [-0.25, -0.2) is 0 Å². The van der Waals surface area contributed by atoms with Gasteiger partial charge in [-0.3, -0.25) is 9.79 Å². The molecule has 7 heteroatoms. The zero-order valence-corrected chi connectivity index (χ0v) is 21.4. The van der Waals surface area contributed by atoms with Crippen molar-refractivity contribution in [2.75, 3.05) is 38.5 Å². The minimum absolute atomic E-state index is 0. The van der Waals surface area contributed by atoms with Crippen LogP contribution in [-0.4, -0.2) is 50.0 Å². The molecule has 1 saturated heterocycles. The highest BCUT2D eigenvalue weighted by molar-refractivity contribution is 14.0. The number of hydrogen-bond acceptors (Lipinski definition) is 3. The number of benzene rings is 1. The molecule has 1 aromatic carbocycles. The Hall–Kier alpha value is -1.35. The van der Waals surface area contributed by atoms with E-state index in [-0.39, 0.29) is 35.8 Å². The topological polar surface area (TPSA) is 68.8 Å². The fourth-order valence-electron chi connectivity index (χ4n) is 3.41. The molecule has 1 amide bonds. The largest absolute Gasteiger partial charge is 0.356 e. The van der Waals surface area contributed by atoms with Crippen LogP contribution in [0.25, 0.3) is 0 Å². The quantitative estimate of drug-likeness (QED) is 0.195. The van der Waals surface area contributed by atoms with Crippen molar-refractivity contribution in [3.05, 3.63) is 29.8 Å². The van der Waals surface area contributed by atoms with E-state index in [0.29, 0.717) is 6.54 Å². The van der Waals surface area contributed by atoms with E-state index in [0.717, 1.165) is 49.1 Å². The molecule has 1 aliphatic rings. The standard InChI is InChI=1S/C23H39N5O.HI/c1-5-19(3)22(29)27-21-9-6-8-20(16-21)17-26-23(24-4)25-12-7-13-28-14-10-18(2)11-15-28;/h6,8-9,16,18-19H,5,7,10-15,17H2,1-4H3,(H,27,29)(H2,24,25,26);1H. The number of likely N-dealkylation sites (tertiary alicyclic amines) is 1. The second-order valence-corrected chi connectivity index (χ2v) is 8.23. The lowest BCUT2D eigenvalue weighted by Gasteiger charge is -2.30. The van der Waals surface area contributed by atoms with Crippen LogP contribution >= 0.6 is 24.0 Å². The van der Waals surface area contributed by atoms with Crippen molar-refractivity contribution in [3.63, 3.8) is 0 Å². The molecule has 2 rings (SSSR count). The Morgan fingerprint density at radius 2 is 2.00 bits per heavy atom. The Morgan fingerprint density at radius 3 is 2.67 bits per heavy atom.